The van der Waals surface area contributed by atoms with E-state index in [-0.39, 0.29) is 0 Å². The molecule has 2 aliphatic rings. The van der Waals surface area contributed by atoms with Crippen LogP contribution in [-0.2, 0) is 0 Å². The first-order valence-corrected chi connectivity index (χ1v) is 8.14. The molecule has 0 aromatic carbocycles. The quantitative estimate of drug-likeness (QED) is 0.720. The molecule has 16 heavy (non-hydrogen) atoms. The summed E-state index contributed by atoms with van der Waals surface area (Å²) in [5.74, 6) is 2.73. The summed E-state index contributed by atoms with van der Waals surface area (Å²) in [6, 6.07) is 0.827. The maximum Gasteiger partial charge on any atom is 0.00827 e. The van der Waals surface area contributed by atoms with E-state index in [1.54, 1.807) is 0 Å². The van der Waals surface area contributed by atoms with Crippen LogP contribution in [0.3, 0.4) is 0 Å². The fourth-order valence-electron chi connectivity index (χ4n) is 2.67. The fourth-order valence-corrected chi connectivity index (χ4v) is 3.78. The molecule has 0 spiro atoms. The molecule has 2 rings (SSSR count). The third kappa shape index (κ3) is 4.64. The Morgan fingerprint density at radius 3 is 2.56 bits per heavy atom. The van der Waals surface area contributed by atoms with Gasteiger partial charge in [0.25, 0.3) is 0 Å². The van der Waals surface area contributed by atoms with Gasteiger partial charge < -0.3 is 10.2 Å². The molecule has 0 aliphatic carbocycles. The van der Waals surface area contributed by atoms with E-state index in [4.69, 9.17) is 0 Å². The molecule has 0 unspecified atom stereocenters. The second-order valence-electron chi connectivity index (χ2n) is 5.10. The molecule has 0 aromatic heterocycles. The molecular formula is C13H26N2S. The van der Waals surface area contributed by atoms with Crippen LogP contribution in [0, 0.1) is 0 Å². The average molecular weight is 242 g/mol. The third-order valence-corrected chi connectivity index (χ3v) is 4.80. The zero-order chi connectivity index (χ0) is 11.1. The van der Waals surface area contributed by atoms with Crippen LogP contribution in [0.2, 0.25) is 0 Å². The van der Waals surface area contributed by atoms with Gasteiger partial charge in [-0.15, -0.1) is 0 Å². The maximum absolute atomic E-state index is 3.72. The Balaban J connectivity index is 1.42. The maximum atomic E-state index is 3.72. The van der Waals surface area contributed by atoms with Gasteiger partial charge in [0, 0.05) is 6.04 Å². The second-order valence-corrected chi connectivity index (χ2v) is 6.32. The summed E-state index contributed by atoms with van der Waals surface area (Å²) in [6.45, 7) is 5.28. The van der Waals surface area contributed by atoms with E-state index >= 15 is 0 Å². The molecule has 2 aliphatic heterocycles. The molecule has 0 atom stereocenters. The highest BCUT2D eigenvalue weighted by molar-refractivity contribution is 7.99. The van der Waals surface area contributed by atoms with Crippen molar-refractivity contribution in [3.8, 4) is 0 Å². The Morgan fingerprint density at radius 1 is 1.06 bits per heavy atom. The first kappa shape index (κ1) is 12.7. The normalized spacial score (nSPS) is 24.0. The van der Waals surface area contributed by atoms with Crippen LogP contribution >= 0.6 is 11.8 Å². The molecule has 3 heteroatoms. The Morgan fingerprint density at radius 2 is 1.81 bits per heavy atom. The number of nitrogens with one attached hydrogen (secondary N) is 1. The Kier molecular flexibility index (Phi) is 6.02. The molecule has 94 valence electrons. The van der Waals surface area contributed by atoms with Gasteiger partial charge in [0.15, 0.2) is 0 Å². The van der Waals surface area contributed by atoms with Crippen molar-refractivity contribution in [3.05, 3.63) is 0 Å². The van der Waals surface area contributed by atoms with Gasteiger partial charge in [-0.1, -0.05) is 0 Å². The SMILES string of the molecule is C(CCN1CCCC1)CNC1CCSCC1. The number of rotatable bonds is 6. The van der Waals surface area contributed by atoms with Crippen molar-refractivity contribution in [3.63, 3.8) is 0 Å². The lowest BCUT2D eigenvalue weighted by molar-refractivity contribution is 0.327. The van der Waals surface area contributed by atoms with Crippen molar-refractivity contribution >= 4 is 11.8 Å². The molecule has 0 bridgehead atoms. The first-order valence-electron chi connectivity index (χ1n) is 6.98. The predicted octanol–water partition coefficient (Wildman–Crippen LogP) is 2.35. The van der Waals surface area contributed by atoms with Crippen molar-refractivity contribution in [2.75, 3.05) is 37.7 Å². The summed E-state index contributed by atoms with van der Waals surface area (Å²) >= 11 is 2.11. The summed E-state index contributed by atoms with van der Waals surface area (Å²) in [4.78, 5) is 2.62. The van der Waals surface area contributed by atoms with Gasteiger partial charge in [0.1, 0.15) is 0 Å². The lowest BCUT2D eigenvalue weighted by Crippen LogP contribution is -2.33. The van der Waals surface area contributed by atoms with E-state index < -0.39 is 0 Å². The van der Waals surface area contributed by atoms with Crippen LogP contribution < -0.4 is 5.32 Å². The number of hydrogen-bond donors (Lipinski definition) is 1. The fraction of sp³-hybridized carbons (Fsp3) is 1.00. The van der Waals surface area contributed by atoms with Gasteiger partial charge in [0.2, 0.25) is 0 Å². The van der Waals surface area contributed by atoms with Crippen LogP contribution in [0.15, 0.2) is 0 Å². The van der Waals surface area contributed by atoms with Crippen LogP contribution in [0.1, 0.15) is 38.5 Å². The van der Waals surface area contributed by atoms with Crippen LogP contribution in [0.25, 0.3) is 0 Å². The highest BCUT2D eigenvalue weighted by Crippen LogP contribution is 2.16. The number of likely N-dealkylation sites (tertiary alicyclic amines) is 1. The summed E-state index contributed by atoms with van der Waals surface area (Å²) in [6.07, 6.45) is 8.37. The minimum Gasteiger partial charge on any atom is -0.314 e. The van der Waals surface area contributed by atoms with Gasteiger partial charge in [-0.3, -0.25) is 0 Å². The van der Waals surface area contributed by atoms with Crippen LogP contribution in [0.4, 0.5) is 0 Å². The number of hydrogen-bond acceptors (Lipinski definition) is 3. The van der Waals surface area contributed by atoms with Gasteiger partial charge in [-0.05, 0) is 76.2 Å². The summed E-state index contributed by atoms with van der Waals surface area (Å²) < 4.78 is 0. The molecule has 0 radical (unpaired) electrons. The van der Waals surface area contributed by atoms with Gasteiger partial charge in [0.05, 0.1) is 0 Å². The largest absolute Gasteiger partial charge is 0.314 e. The average Bonchev–Trinajstić information content (AvgIpc) is 2.83. The number of unbranched alkanes of at least 4 members (excludes halogenated alkanes) is 1. The molecule has 0 amide bonds. The Hall–Kier alpha value is 0.270. The summed E-state index contributed by atoms with van der Waals surface area (Å²) in [5, 5.41) is 3.72. The van der Waals surface area contributed by atoms with Gasteiger partial charge in [-0.25, -0.2) is 0 Å². The zero-order valence-corrected chi connectivity index (χ0v) is 11.2. The van der Waals surface area contributed by atoms with E-state index in [1.807, 2.05) is 0 Å². The van der Waals surface area contributed by atoms with Crippen molar-refractivity contribution in [1.29, 1.82) is 0 Å². The van der Waals surface area contributed by atoms with E-state index in [0.717, 1.165) is 6.04 Å². The van der Waals surface area contributed by atoms with E-state index in [0.29, 0.717) is 0 Å². The minimum absolute atomic E-state index is 0.827. The minimum atomic E-state index is 0.827. The van der Waals surface area contributed by atoms with Gasteiger partial charge in [-0.2, -0.15) is 11.8 Å². The van der Waals surface area contributed by atoms with Gasteiger partial charge >= 0.3 is 0 Å². The Labute approximate surface area is 105 Å². The Bertz CT molecular complexity index is 175. The van der Waals surface area contributed by atoms with E-state index in [9.17, 15) is 0 Å². The summed E-state index contributed by atoms with van der Waals surface area (Å²) in [5.41, 5.74) is 0. The highest BCUT2D eigenvalue weighted by Gasteiger charge is 2.13. The first-order chi connectivity index (χ1) is 7.95. The predicted molar refractivity (Wildman–Crippen MR) is 73.3 cm³/mol. The standard InChI is InChI=1S/C13H26N2S/c1(2-8-15-9-3-4-10-15)7-14-13-5-11-16-12-6-13/h13-14H,1-12H2. The van der Waals surface area contributed by atoms with Crippen molar-refractivity contribution in [2.45, 2.75) is 44.6 Å². The monoisotopic (exact) mass is 242 g/mol. The van der Waals surface area contributed by atoms with Crippen molar-refractivity contribution in [2.24, 2.45) is 0 Å². The molecule has 2 fully saturated rings. The van der Waals surface area contributed by atoms with E-state index in [2.05, 4.69) is 22.0 Å². The molecular weight excluding hydrogens is 216 g/mol. The second kappa shape index (κ2) is 7.57. The highest BCUT2D eigenvalue weighted by atomic mass is 32.2. The molecule has 2 heterocycles. The smallest absolute Gasteiger partial charge is 0.00827 e. The third-order valence-electron chi connectivity index (χ3n) is 3.75. The molecule has 0 aromatic rings. The van der Waals surface area contributed by atoms with Crippen LogP contribution in [-0.4, -0.2) is 48.6 Å². The zero-order valence-electron chi connectivity index (χ0n) is 10.4. The lowest BCUT2D eigenvalue weighted by atomic mass is 10.1. The molecule has 2 nitrogen and oxygen atoms in total. The number of nitrogens with zero attached hydrogens (tertiary/aromatic N) is 1. The van der Waals surface area contributed by atoms with Crippen molar-refractivity contribution in [1.82, 2.24) is 10.2 Å². The van der Waals surface area contributed by atoms with Crippen molar-refractivity contribution < 1.29 is 0 Å². The van der Waals surface area contributed by atoms with Crippen LogP contribution in [0.5, 0.6) is 0 Å². The van der Waals surface area contributed by atoms with E-state index in [1.165, 1.54) is 76.2 Å². The topological polar surface area (TPSA) is 15.3 Å². The summed E-state index contributed by atoms with van der Waals surface area (Å²) in [7, 11) is 0. The molecule has 2 saturated heterocycles. The molecule has 0 saturated carbocycles. The number of thioether (sulfide) groups is 1. The lowest BCUT2D eigenvalue weighted by Gasteiger charge is -2.22. The molecule has 1 N–H and O–H groups in total.